The maximum Gasteiger partial charge on any atom is 0.259 e. The molecule has 0 spiro atoms. The van der Waals surface area contributed by atoms with Gasteiger partial charge in [0.15, 0.2) is 0 Å². The molecule has 2 aromatic rings. The van der Waals surface area contributed by atoms with Gasteiger partial charge in [-0.15, -0.1) is 11.3 Å². The van der Waals surface area contributed by atoms with E-state index in [1.54, 1.807) is 18.4 Å². The van der Waals surface area contributed by atoms with E-state index in [0.29, 0.717) is 32.1 Å². The summed E-state index contributed by atoms with van der Waals surface area (Å²) in [7, 11) is 1.65. The molecule has 7 nitrogen and oxygen atoms in total. The summed E-state index contributed by atoms with van der Waals surface area (Å²) >= 11 is 1.65. The first-order valence-corrected chi connectivity index (χ1v) is 11.1. The molecule has 0 radical (unpaired) electrons. The fourth-order valence-electron chi connectivity index (χ4n) is 3.65. The maximum absolute atomic E-state index is 12.8. The number of aromatic amines is 1. The van der Waals surface area contributed by atoms with Crippen LogP contribution in [0, 0.1) is 0 Å². The number of nitrogens with one attached hydrogen (secondary N) is 1. The number of hydrogen-bond donors (Lipinski definition) is 2. The normalized spacial score (nSPS) is 15.8. The zero-order chi connectivity index (χ0) is 21.0. The van der Waals surface area contributed by atoms with Gasteiger partial charge in [0.1, 0.15) is 10.7 Å². The van der Waals surface area contributed by atoms with E-state index in [-0.39, 0.29) is 17.8 Å². The number of nitrogens with zero attached hydrogens (tertiary/aromatic N) is 2. The van der Waals surface area contributed by atoms with Gasteiger partial charge < -0.3 is 19.6 Å². The third kappa shape index (κ3) is 6.08. The van der Waals surface area contributed by atoms with Crippen LogP contribution in [0.4, 0.5) is 0 Å². The molecular formula is C21H33N3O4S. The lowest BCUT2D eigenvalue weighted by Gasteiger charge is -2.27. The topological polar surface area (TPSA) is 87.7 Å². The Morgan fingerprint density at radius 1 is 1.31 bits per heavy atom. The van der Waals surface area contributed by atoms with E-state index in [0.717, 1.165) is 29.5 Å². The van der Waals surface area contributed by atoms with Crippen LogP contribution in [0.25, 0.3) is 10.2 Å². The summed E-state index contributed by atoms with van der Waals surface area (Å²) < 4.78 is 10.9. The Morgan fingerprint density at radius 3 is 2.79 bits per heavy atom. The highest BCUT2D eigenvalue weighted by Crippen LogP contribution is 2.33. The van der Waals surface area contributed by atoms with Gasteiger partial charge in [-0.25, -0.2) is 4.98 Å². The summed E-state index contributed by atoms with van der Waals surface area (Å²) in [6.07, 6.45) is 3.71. The number of rotatable bonds is 9. The van der Waals surface area contributed by atoms with E-state index in [4.69, 9.17) is 14.5 Å². The standard InChI is InChI=1S/C21H33N3O4S/c1-21(2,3)28-13-14(25)11-24(9-10-27-4)12-17-22-19(26)18-15-7-5-6-8-16(15)29-20(18)23-17/h14,25H,5-13H2,1-4H3,(H,22,23,26)/t14-/m1/s1. The fourth-order valence-corrected chi connectivity index (χ4v) is 4.93. The monoisotopic (exact) mass is 423 g/mol. The van der Waals surface area contributed by atoms with Crippen molar-refractivity contribution < 1.29 is 14.6 Å². The van der Waals surface area contributed by atoms with E-state index >= 15 is 0 Å². The largest absolute Gasteiger partial charge is 0.389 e. The summed E-state index contributed by atoms with van der Waals surface area (Å²) in [5, 5.41) is 11.2. The molecule has 3 rings (SSSR count). The number of hydrogen-bond acceptors (Lipinski definition) is 7. The molecule has 0 unspecified atom stereocenters. The minimum absolute atomic E-state index is 0.0484. The van der Waals surface area contributed by atoms with E-state index in [1.807, 2.05) is 25.7 Å². The molecule has 29 heavy (non-hydrogen) atoms. The van der Waals surface area contributed by atoms with Crippen molar-refractivity contribution in [3.8, 4) is 0 Å². The summed E-state index contributed by atoms with van der Waals surface area (Å²) in [6, 6.07) is 0. The Hall–Kier alpha value is -1.32. The number of ether oxygens (including phenoxy) is 2. The Morgan fingerprint density at radius 2 is 2.07 bits per heavy atom. The van der Waals surface area contributed by atoms with Crippen molar-refractivity contribution in [2.45, 2.75) is 64.7 Å². The van der Waals surface area contributed by atoms with Crippen LogP contribution < -0.4 is 5.56 Å². The van der Waals surface area contributed by atoms with E-state index in [1.165, 1.54) is 16.9 Å². The van der Waals surface area contributed by atoms with Crippen LogP contribution in [0.1, 0.15) is 49.9 Å². The molecule has 1 aliphatic carbocycles. The molecule has 8 heteroatoms. The lowest BCUT2D eigenvalue weighted by molar-refractivity contribution is -0.0578. The van der Waals surface area contributed by atoms with Crippen molar-refractivity contribution in [1.29, 1.82) is 0 Å². The molecule has 2 heterocycles. The summed E-state index contributed by atoms with van der Waals surface area (Å²) in [5.41, 5.74) is 0.851. The lowest BCUT2D eigenvalue weighted by Crippen LogP contribution is -2.38. The third-order valence-electron chi connectivity index (χ3n) is 5.04. The highest BCUT2D eigenvalue weighted by atomic mass is 32.1. The van der Waals surface area contributed by atoms with Crippen LogP contribution in [0.3, 0.4) is 0 Å². The minimum Gasteiger partial charge on any atom is -0.389 e. The maximum atomic E-state index is 12.8. The highest BCUT2D eigenvalue weighted by Gasteiger charge is 2.21. The SMILES string of the molecule is COCCN(Cc1nc2sc3c(c2c(=O)[nH]1)CCCC3)C[C@@H](O)COC(C)(C)C. The molecule has 0 saturated carbocycles. The second kappa shape index (κ2) is 9.66. The fraction of sp³-hybridized carbons (Fsp3) is 0.714. The van der Waals surface area contributed by atoms with Crippen molar-refractivity contribution >= 4 is 21.6 Å². The zero-order valence-electron chi connectivity index (χ0n) is 17.9. The number of H-pyrrole nitrogens is 1. The van der Waals surface area contributed by atoms with Gasteiger partial charge >= 0.3 is 0 Å². The number of aromatic nitrogens is 2. The Labute approximate surface area is 176 Å². The van der Waals surface area contributed by atoms with Crippen molar-refractivity contribution in [3.05, 3.63) is 26.6 Å². The average Bonchev–Trinajstić information content (AvgIpc) is 3.02. The number of fused-ring (bicyclic) bond motifs is 3. The van der Waals surface area contributed by atoms with Gasteiger partial charge in [0.25, 0.3) is 5.56 Å². The van der Waals surface area contributed by atoms with Crippen molar-refractivity contribution in [3.63, 3.8) is 0 Å². The molecular weight excluding hydrogens is 390 g/mol. The van der Waals surface area contributed by atoms with Crippen LogP contribution in [0.5, 0.6) is 0 Å². The second-order valence-corrected chi connectivity index (χ2v) is 9.79. The van der Waals surface area contributed by atoms with Gasteiger partial charge in [-0.1, -0.05) is 0 Å². The molecule has 1 atom stereocenters. The molecule has 0 saturated heterocycles. The van der Waals surface area contributed by atoms with E-state index in [9.17, 15) is 9.90 Å². The molecule has 0 aliphatic heterocycles. The second-order valence-electron chi connectivity index (χ2n) is 8.71. The van der Waals surface area contributed by atoms with E-state index in [2.05, 4.69) is 4.98 Å². The first kappa shape index (κ1) is 22.4. The van der Waals surface area contributed by atoms with Gasteiger partial charge in [0.05, 0.1) is 36.8 Å². The molecule has 0 aromatic carbocycles. The van der Waals surface area contributed by atoms with Crippen LogP contribution in [0.15, 0.2) is 4.79 Å². The zero-order valence-corrected chi connectivity index (χ0v) is 18.7. The molecule has 0 fully saturated rings. The molecule has 2 N–H and O–H groups in total. The number of aryl methyl sites for hydroxylation is 2. The number of thiophene rings is 1. The van der Waals surface area contributed by atoms with Gasteiger partial charge in [0.2, 0.25) is 0 Å². The molecule has 0 bridgehead atoms. The molecule has 0 amide bonds. The first-order chi connectivity index (χ1) is 13.8. The van der Waals surface area contributed by atoms with Gasteiger partial charge in [-0.05, 0) is 52.0 Å². The third-order valence-corrected chi connectivity index (χ3v) is 6.22. The summed E-state index contributed by atoms with van der Waals surface area (Å²) in [4.78, 5) is 24.7. The Kier molecular flexibility index (Phi) is 7.45. The molecule has 162 valence electrons. The average molecular weight is 424 g/mol. The van der Waals surface area contributed by atoms with Crippen LogP contribution in [-0.4, -0.2) is 65.1 Å². The van der Waals surface area contributed by atoms with Gasteiger partial charge in [-0.2, -0.15) is 0 Å². The van der Waals surface area contributed by atoms with Crippen molar-refractivity contribution in [2.24, 2.45) is 0 Å². The van der Waals surface area contributed by atoms with Crippen molar-refractivity contribution in [1.82, 2.24) is 14.9 Å². The summed E-state index contributed by atoms with van der Waals surface area (Å²) in [6.45, 7) is 8.19. The van der Waals surface area contributed by atoms with Gasteiger partial charge in [-0.3, -0.25) is 9.69 Å². The smallest absolute Gasteiger partial charge is 0.259 e. The number of methoxy groups -OCH3 is 1. The highest BCUT2D eigenvalue weighted by molar-refractivity contribution is 7.18. The van der Waals surface area contributed by atoms with Crippen LogP contribution in [-0.2, 0) is 28.9 Å². The quantitative estimate of drug-likeness (QED) is 0.644. The number of aliphatic hydroxyl groups is 1. The van der Waals surface area contributed by atoms with Crippen LogP contribution >= 0.6 is 11.3 Å². The van der Waals surface area contributed by atoms with Crippen LogP contribution in [0.2, 0.25) is 0 Å². The van der Waals surface area contributed by atoms with Gasteiger partial charge in [0, 0.05) is 25.1 Å². The number of aliphatic hydroxyl groups excluding tert-OH is 1. The predicted octanol–water partition coefficient (Wildman–Crippen LogP) is 2.49. The summed E-state index contributed by atoms with van der Waals surface area (Å²) in [5.74, 6) is 0.626. The molecule has 1 aliphatic rings. The Balaban J connectivity index is 1.74. The van der Waals surface area contributed by atoms with E-state index < -0.39 is 6.10 Å². The first-order valence-electron chi connectivity index (χ1n) is 10.3. The minimum atomic E-state index is -0.629. The Bertz CT molecular complexity index is 871. The van der Waals surface area contributed by atoms with Crippen molar-refractivity contribution in [2.75, 3.05) is 33.4 Å². The lowest BCUT2D eigenvalue weighted by atomic mass is 9.97. The predicted molar refractivity (Wildman–Crippen MR) is 116 cm³/mol. The molecule has 2 aromatic heterocycles.